The van der Waals surface area contributed by atoms with Crippen molar-refractivity contribution in [2.24, 2.45) is 17.4 Å². The zero-order chi connectivity index (χ0) is 25.4. The summed E-state index contributed by atoms with van der Waals surface area (Å²) in [6.07, 6.45) is 3.95. The largest absolute Gasteiger partial charge is 0.480 e. The van der Waals surface area contributed by atoms with E-state index in [1.807, 2.05) is 13.8 Å². The number of nitrogens with zero attached hydrogens (tertiary/aromatic N) is 2. The van der Waals surface area contributed by atoms with Crippen LogP contribution in [0.25, 0.3) is 0 Å². The second-order valence-electron chi connectivity index (χ2n) is 8.51. The minimum Gasteiger partial charge on any atom is -0.480 e. The number of imidazole rings is 1. The van der Waals surface area contributed by atoms with Crippen molar-refractivity contribution in [1.82, 2.24) is 25.5 Å². The number of carboxylic acid groups (broad SMARTS) is 1. The maximum atomic E-state index is 13.1. The summed E-state index contributed by atoms with van der Waals surface area (Å²) >= 11 is 0. The molecule has 0 saturated carbocycles. The van der Waals surface area contributed by atoms with Crippen molar-refractivity contribution in [3.05, 3.63) is 18.2 Å². The highest BCUT2D eigenvalue weighted by atomic mass is 16.4. The predicted molar refractivity (Wildman–Crippen MR) is 120 cm³/mol. The molecule has 4 amide bonds. The van der Waals surface area contributed by atoms with E-state index in [0.717, 1.165) is 0 Å². The number of nitrogens with one attached hydrogen (secondary N) is 3. The second kappa shape index (κ2) is 12.1. The third-order valence-corrected chi connectivity index (χ3v) is 6.01. The number of aliphatic carboxylic acids is 1. The van der Waals surface area contributed by atoms with E-state index in [9.17, 15) is 29.1 Å². The topological polar surface area (TPSA) is 214 Å². The van der Waals surface area contributed by atoms with Crippen LogP contribution < -0.4 is 22.1 Å². The molecule has 0 aliphatic carbocycles. The molecule has 1 fully saturated rings. The fraction of sp³-hybridized carbons (Fsp3) is 0.619. The molecule has 0 spiro atoms. The number of carbonyl (C=O) groups excluding carboxylic acids is 4. The lowest BCUT2D eigenvalue weighted by Gasteiger charge is -2.30. The highest BCUT2D eigenvalue weighted by Gasteiger charge is 2.39. The Balaban J connectivity index is 2.17. The Morgan fingerprint density at radius 1 is 1.26 bits per heavy atom. The van der Waals surface area contributed by atoms with Crippen LogP contribution >= 0.6 is 0 Å². The third kappa shape index (κ3) is 7.01. The first-order valence-corrected chi connectivity index (χ1v) is 11.2. The van der Waals surface area contributed by atoms with Gasteiger partial charge in [0.2, 0.25) is 23.6 Å². The summed E-state index contributed by atoms with van der Waals surface area (Å²) in [6.45, 7) is 4.16. The average molecular weight is 480 g/mol. The maximum Gasteiger partial charge on any atom is 0.326 e. The zero-order valence-corrected chi connectivity index (χ0v) is 19.3. The first-order valence-electron chi connectivity index (χ1n) is 11.2. The van der Waals surface area contributed by atoms with Gasteiger partial charge in [-0.1, -0.05) is 20.3 Å². The van der Waals surface area contributed by atoms with Gasteiger partial charge in [-0.3, -0.25) is 19.2 Å². The number of likely N-dealkylation sites (tertiary alicyclic amines) is 1. The molecule has 2 heterocycles. The summed E-state index contributed by atoms with van der Waals surface area (Å²) in [5, 5.41) is 14.2. The van der Waals surface area contributed by atoms with E-state index in [0.29, 0.717) is 31.5 Å². The number of amides is 4. The van der Waals surface area contributed by atoms with Gasteiger partial charge in [-0.15, -0.1) is 0 Å². The molecule has 0 aromatic carbocycles. The van der Waals surface area contributed by atoms with Crippen molar-refractivity contribution >= 4 is 29.6 Å². The van der Waals surface area contributed by atoms with Crippen LogP contribution in [0.2, 0.25) is 0 Å². The smallest absolute Gasteiger partial charge is 0.326 e. The van der Waals surface area contributed by atoms with Crippen LogP contribution in [-0.4, -0.2) is 80.3 Å². The molecule has 0 bridgehead atoms. The van der Waals surface area contributed by atoms with Gasteiger partial charge in [0.05, 0.1) is 18.8 Å². The van der Waals surface area contributed by atoms with Gasteiger partial charge in [0.25, 0.3) is 0 Å². The van der Waals surface area contributed by atoms with E-state index in [1.54, 1.807) is 0 Å². The van der Waals surface area contributed by atoms with Crippen LogP contribution in [-0.2, 0) is 30.4 Å². The number of aromatic nitrogens is 2. The fourth-order valence-corrected chi connectivity index (χ4v) is 3.76. The van der Waals surface area contributed by atoms with Gasteiger partial charge >= 0.3 is 5.97 Å². The monoisotopic (exact) mass is 479 g/mol. The summed E-state index contributed by atoms with van der Waals surface area (Å²) < 4.78 is 0. The molecule has 1 aromatic rings. The number of nitrogens with two attached hydrogens (primary N) is 2. The van der Waals surface area contributed by atoms with Gasteiger partial charge < -0.3 is 37.1 Å². The first kappa shape index (κ1) is 26.8. The van der Waals surface area contributed by atoms with Crippen molar-refractivity contribution in [2.45, 2.75) is 70.1 Å². The van der Waals surface area contributed by atoms with Crippen molar-refractivity contribution in [3.8, 4) is 0 Å². The lowest BCUT2D eigenvalue weighted by Crippen LogP contribution is -2.57. The molecule has 2 rings (SSSR count). The van der Waals surface area contributed by atoms with E-state index in [4.69, 9.17) is 11.5 Å². The van der Waals surface area contributed by atoms with Crippen LogP contribution in [0.15, 0.2) is 12.5 Å². The van der Waals surface area contributed by atoms with E-state index >= 15 is 0 Å². The molecule has 13 heteroatoms. The van der Waals surface area contributed by atoms with Gasteiger partial charge in [-0.05, 0) is 18.8 Å². The van der Waals surface area contributed by atoms with Crippen LogP contribution in [0.1, 0.15) is 45.2 Å². The van der Waals surface area contributed by atoms with E-state index < -0.39 is 54.3 Å². The van der Waals surface area contributed by atoms with Crippen molar-refractivity contribution in [2.75, 3.05) is 6.54 Å². The Kier molecular flexibility index (Phi) is 9.54. The number of hydrogen-bond acceptors (Lipinski definition) is 7. The quantitative estimate of drug-likeness (QED) is 0.202. The Morgan fingerprint density at radius 2 is 1.97 bits per heavy atom. The van der Waals surface area contributed by atoms with Crippen molar-refractivity contribution in [3.63, 3.8) is 0 Å². The number of H-pyrrole nitrogens is 1. The first-order chi connectivity index (χ1) is 16.0. The molecule has 1 aliphatic rings. The number of aromatic amines is 1. The number of carbonyl (C=O) groups is 5. The number of hydrogen-bond donors (Lipinski definition) is 6. The Hall–Kier alpha value is -3.48. The second-order valence-corrected chi connectivity index (χ2v) is 8.51. The molecule has 8 N–H and O–H groups in total. The minimum atomic E-state index is -1.55. The summed E-state index contributed by atoms with van der Waals surface area (Å²) in [5.74, 6) is -4.10. The van der Waals surface area contributed by atoms with Crippen LogP contribution in [0.3, 0.4) is 0 Å². The molecular weight excluding hydrogens is 446 g/mol. The van der Waals surface area contributed by atoms with Gasteiger partial charge in [-0.2, -0.15) is 0 Å². The molecule has 34 heavy (non-hydrogen) atoms. The maximum absolute atomic E-state index is 13.1. The van der Waals surface area contributed by atoms with Gasteiger partial charge in [-0.25, -0.2) is 9.78 Å². The lowest BCUT2D eigenvalue weighted by molar-refractivity contribution is -0.144. The van der Waals surface area contributed by atoms with Crippen LogP contribution in [0, 0.1) is 5.92 Å². The third-order valence-electron chi connectivity index (χ3n) is 6.01. The average Bonchev–Trinajstić information content (AvgIpc) is 3.48. The van der Waals surface area contributed by atoms with Gasteiger partial charge in [0, 0.05) is 24.9 Å². The van der Waals surface area contributed by atoms with Gasteiger partial charge in [0.15, 0.2) is 0 Å². The Labute approximate surface area is 197 Å². The summed E-state index contributed by atoms with van der Waals surface area (Å²) in [6, 6.07) is -4.29. The Bertz CT molecular complexity index is 890. The normalized spacial score (nSPS) is 19.0. The molecular formula is C21H33N7O6. The Morgan fingerprint density at radius 3 is 2.53 bits per heavy atom. The van der Waals surface area contributed by atoms with E-state index in [2.05, 4.69) is 20.6 Å². The van der Waals surface area contributed by atoms with Gasteiger partial charge in [0.1, 0.15) is 18.1 Å². The summed E-state index contributed by atoms with van der Waals surface area (Å²) in [4.78, 5) is 69.6. The number of carboxylic acids is 1. The fourth-order valence-electron chi connectivity index (χ4n) is 3.76. The van der Waals surface area contributed by atoms with Crippen molar-refractivity contribution in [1.29, 1.82) is 0 Å². The summed E-state index contributed by atoms with van der Waals surface area (Å²) in [5.41, 5.74) is 11.7. The molecule has 1 aromatic heterocycles. The highest BCUT2D eigenvalue weighted by Crippen LogP contribution is 2.21. The zero-order valence-electron chi connectivity index (χ0n) is 19.3. The highest BCUT2D eigenvalue weighted by molar-refractivity contribution is 5.95. The standard InChI is InChI=1S/C21H33N7O6/c1-3-11(2)17(23)20(32)28-6-4-5-15(28)19(31)26-13(7-12-9-24-10-25-12)18(30)27-14(21(33)34)8-16(22)29/h9-11,13-15,17H,3-8,23H2,1-2H3,(H2,22,29)(H,24,25)(H,26,31)(H,27,30)(H,33,34). The van der Waals surface area contributed by atoms with Crippen LogP contribution in [0.4, 0.5) is 0 Å². The molecule has 188 valence electrons. The minimum absolute atomic E-state index is 0.0203. The molecule has 1 saturated heterocycles. The number of rotatable bonds is 12. The van der Waals surface area contributed by atoms with Crippen molar-refractivity contribution < 1.29 is 29.1 Å². The van der Waals surface area contributed by atoms with E-state index in [-0.39, 0.29) is 18.2 Å². The SMILES string of the molecule is CCC(C)C(N)C(=O)N1CCCC1C(=O)NC(Cc1cnc[nH]1)C(=O)NC(CC(N)=O)C(=O)O. The molecule has 0 radical (unpaired) electrons. The summed E-state index contributed by atoms with van der Waals surface area (Å²) in [7, 11) is 0. The molecule has 1 aliphatic heterocycles. The molecule has 5 atom stereocenters. The molecule has 13 nitrogen and oxygen atoms in total. The molecule has 5 unspecified atom stereocenters. The van der Waals surface area contributed by atoms with Crippen LogP contribution in [0.5, 0.6) is 0 Å². The number of primary amides is 1. The predicted octanol–water partition coefficient (Wildman–Crippen LogP) is -1.75. The van der Waals surface area contributed by atoms with E-state index in [1.165, 1.54) is 17.4 Å². The lowest BCUT2D eigenvalue weighted by atomic mass is 9.98.